The Balaban J connectivity index is 2.12. The smallest absolute Gasteiger partial charge is 0.240 e. The lowest BCUT2D eigenvalue weighted by atomic mass is 9.84. The second-order valence-corrected chi connectivity index (χ2v) is 9.94. The summed E-state index contributed by atoms with van der Waals surface area (Å²) in [6, 6.07) is 4.15. The Morgan fingerprint density at radius 1 is 1.38 bits per heavy atom. The Morgan fingerprint density at radius 3 is 2.48 bits per heavy atom. The molecular formula is C15H23NO3S2. The molecule has 0 radical (unpaired) electrons. The van der Waals surface area contributed by atoms with Crippen molar-refractivity contribution in [3.8, 4) is 0 Å². The molecule has 4 nitrogen and oxygen atoms in total. The number of amides is 1. The van der Waals surface area contributed by atoms with E-state index in [2.05, 4.69) is 16.8 Å². The number of sulfone groups is 1. The van der Waals surface area contributed by atoms with Crippen LogP contribution in [0.4, 0.5) is 0 Å². The van der Waals surface area contributed by atoms with Crippen molar-refractivity contribution in [1.82, 2.24) is 5.32 Å². The van der Waals surface area contributed by atoms with Crippen LogP contribution in [0.2, 0.25) is 0 Å². The number of carbonyl (C=O) groups excluding carboxylic acids is 1. The minimum atomic E-state index is -3.43. The summed E-state index contributed by atoms with van der Waals surface area (Å²) >= 11 is 1.71. The van der Waals surface area contributed by atoms with Crippen molar-refractivity contribution in [2.45, 2.75) is 49.7 Å². The first-order valence-corrected chi connectivity index (χ1v) is 9.98. The first-order valence-electron chi connectivity index (χ1n) is 7.21. The minimum Gasteiger partial charge on any atom is -0.354 e. The molecule has 0 aromatic carbocycles. The van der Waals surface area contributed by atoms with Crippen molar-refractivity contribution in [2.24, 2.45) is 0 Å². The number of hydrogen-bond donors (Lipinski definition) is 1. The fourth-order valence-corrected chi connectivity index (χ4v) is 4.17. The third-order valence-corrected chi connectivity index (χ3v) is 7.82. The van der Waals surface area contributed by atoms with E-state index in [1.807, 2.05) is 6.07 Å². The lowest BCUT2D eigenvalue weighted by molar-refractivity contribution is -0.123. The molecule has 6 heteroatoms. The Bertz CT molecular complexity index is 597. The van der Waals surface area contributed by atoms with E-state index in [9.17, 15) is 13.2 Å². The lowest BCUT2D eigenvalue weighted by Gasteiger charge is -2.30. The molecule has 0 bridgehead atoms. The van der Waals surface area contributed by atoms with Crippen LogP contribution >= 0.6 is 11.3 Å². The summed E-state index contributed by atoms with van der Waals surface area (Å²) in [5.41, 5.74) is -0.0165. The van der Waals surface area contributed by atoms with Gasteiger partial charge in [0.2, 0.25) is 5.91 Å². The fraction of sp³-hybridized carbons (Fsp3) is 0.667. The maximum atomic E-state index is 12.3. The zero-order chi connectivity index (χ0) is 15.7. The van der Waals surface area contributed by atoms with E-state index in [0.29, 0.717) is 6.54 Å². The van der Waals surface area contributed by atoms with Gasteiger partial charge in [0.15, 0.2) is 9.84 Å². The molecule has 1 heterocycles. The summed E-state index contributed by atoms with van der Waals surface area (Å²) < 4.78 is 22.1. The highest BCUT2D eigenvalue weighted by atomic mass is 32.2. The third-order valence-electron chi connectivity index (χ3n) is 4.67. The zero-order valence-electron chi connectivity index (χ0n) is 12.8. The van der Waals surface area contributed by atoms with E-state index < -0.39 is 20.5 Å². The van der Waals surface area contributed by atoms with Crippen molar-refractivity contribution < 1.29 is 13.2 Å². The summed E-state index contributed by atoms with van der Waals surface area (Å²) in [5, 5.41) is 4.94. The van der Waals surface area contributed by atoms with E-state index >= 15 is 0 Å². The molecule has 0 spiro atoms. The largest absolute Gasteiger partial charge is 0.354 e. The van der Waals surface area contributed by atoms with Gasteiger partial charge >= 0.3 is 0 Å². The Hall–Kier alpha value is -0.880. The van der Waals surface area contributed by atoms with Gasteiger partial charge < -0.3 is 5.32 Å². The molecule has 0 unspecified atom stereocenters. The van der Waals surface area contributed by atoms with E-state index in [1.54, 1.807) is 11.3 Å². The van der Waals surface area contributed by atoms with Crippen LogP contribution in [-0.4, -0.2) is 31.9 Å². The van der Waals surface area contributed by atoms with Crippen LogP contribution in [0.5, 0.6) is 0 Å². The molecule has 0 saturated heterocycles. The summed E-state index contributed by atoms with van der Waals surface area (Å²) in [5.74, 6) is -0.409. The Morgan fingerprint density at radius 2 is 2.00 bits per heavy atom. The third kappa shape index (κ3) is 3.16. The Kier molecular flexibility index (Phi) is 4.49. The first kappa shape index (κ1) is 16.5. The van der Waals surface area contributed by atoms with Gasteiger partial charge in [0.05, 0.1) is 0 Å². The maximum Gasteiger partial charge on any atom is 0.240 e. The molecule has 1 aromatic heterocycles. The maximum absolute atomic E-state index is 12.3. The van der Waals surface area contributed by atoms with Gasteiger partial charge in [-0.1, -0.05) is 18.9 Å². The summed E-state index contributed by atoms with van der Waals surface area (Å²) in [4.78, 5) is 13.6. The van der Waals surface area contributed by atoms with Gasteiger partial charge in [-0.25, -0.2) is 8.42 Å². The van der Waals surface area contributed by atoms with E-state index in [0.717, 1.165) is 31.9 Å². The van der Waals surface area contributed by atoms with E-state index in [4.69, 9.17) is 0 Å². The van der Waals surface area contributed by atoms with Crippen molar-refractivity contribution in [1.29, 1.82) is 0 Å². The van der Waals surface area contributed by atoms with Gasteiger partial charge in [-0.2, -0.15) is 0 Å². The molecular weight excluding hydrogens is 306 g/mol. The number of carbonyl (C=O) groups is 1. The highest BCUT2D eigenvalue weighted by Gasteiger charge is 2.41. The molecule has 0 aliphatic heterocycles. The van der Waals surface area contributed by atoms with Crippen LogP contribution in [0.15, 0.2) is 17.5 Å². The first-order chi connectivity index (χ1) is 9.69. The quantitative estimate of drug-likeness (QED) is 0.903. The standard InChI is InChI=1S/C15H23NO3S2/c1-14(2,21(3,18)19)13(17)16-11-15(8-4-5-9-15)12-7-6-10-20-12/h6-7,10H,4-5,8-9,11H2,1-3H3,(H,16,17). The van der Waals surface area contributed by atoms with Crippen molar-refractivity contribution in [2.75, 3.05) is 12.8 Å². The topological polar surface area (TPSA) is 63.2 Å². The van der Waals surface area contributed by atoms with Crippen LogP contribution < -0.4 is 5.32 Å². The Labute approximate surface area is 130 Å². The predicted molar refractivity (Wildman–Crippen MR) is 86.4 cm³/mol. The van der Waals surface area contributed by atoms with Gasteiger partial charge in [0.25, 0.3) is 0 Å². The van der Waals surface area contributed by atoms with Gasteiger partial charge in [-0.05, 0) is 38.1 Å². The predicted octanol–water partition coefficient (Wildman–Crippen LogP) is 2.50. The van der Waals surface area contributed by atoms with Crippen LogP contribution in [-0.2, 0) is 20.0 Å². The molecule has 2 rings (SSSR count). The number of hydrogen-bond acceptors (Lipinski definition) is 4. The van der Waals surface area contributed by atoms with Crippen LogP contribution in [0.3, 0.4) is 0 Å². The molecule has 1 fully saturated rings. The summed E-state index contributed by atoms with van der Waals surface area (Å²) in [7, 11) is -3.43. The average molecular weight is 329 g/mol. The molecule has 21 heavy (non-hydrogen) atoms. The summed E-state index contributed by atoms with van der Waals surface area (Å²) in [6.07, 6.45) is 5.52. The number of thiophene rings is 1. The molecule has 1 saturated carbocycles. The van der Waals surface area contributed by atoms with Gasteiger partial charge in [-0.15, -0.1) is 11.3 Å². The van der Waals surface area contributed by atoms with Crippen LogP contribution in [0.1, 0.15) is 44.4 Å². The fourth-order valence-electron chi connectivity index (χ4n) is 2.77. The normalized spacial score (nSPS) is 18.6. The SMILES string of the molecule is CC(C)(C(=O)NCC1(c2cccs2)CCCC1)S(C)(=O)=O. The van der Waals surface area contributed by atoms with Crippen LogP contribution in [0, 0.1) is 0 Å². The number of rotatable bonds is 5. The van der Waals surface area contributed by atoms with Crippen molar-refractivity contribution in [3.63, 3.8) is 0 Å². The van der Waals surface area contributed by atoms with Gasteiger partial charge in [-0.3, -0.25) is 4.79 Å². The molecule has 118 valence electrons. The molecule has 1 N–H and O–H groups in total. The minimum absolute atomic E-state index is 0.0165. The van der Waals surface area contributed by atoms with Gasteiger partial charge in [0, 0.05) is 23.1 Å². The highest BCUT2D eigenvalue weighted by Crippen LogP contribution is 2.42. The molecule has 0 atom stereocenters. The van der Waals surface area contributed by atoms with Gasteiger partial charge in [0.1, 0.15) is 4.75 Å². The lowest BCUT2D eigenvalue weighted by Crippen LogP contribution is -2.50. The molecule has 1 amide bonds. The monoisotopic (exact) mass is 329 g/mol. The van der Waals surface area contributed by atoms with E-state index in [-0.39, 0.29) is 5.41 Å². The molecule has 1 aromatic rings. The van der Waals surface area contributed by atoms with E-state index in [1.165, 1.54) is 18.7 Å². The second-order valence-electron chi connectivity index (χ2n) is 6.43. The summed E-state index contributed by atoms with van der Waals surface area (Å²) in [6.45, 7) is 3.44. The molecule has 1 aliphatic rings. The molecule has 1 aliphatic carbocycles. The zero-order valence-corrected chi connectivity index (χ0v) is 14.4. The number of nitrogens with one attached hydrogen (secondary N) is 1. The van der Waals surface area contributed by atoms with Crippen molar-refractivity contribution >= 4 is 27.1 Å². The van der Waals surface area contributed by atoms with Crippen LogP contribution in [0.25, 0.3) is 0 Å². The average Bonchev–Trinajstić information content (AvgIpc) is 3.06. The highest BCUT2D eigenvalue weighted by molar-refractivity contribution is 7.92. The second kappa shape index (κ2) is 5.72. The van der Waals surface area contributed by atoms with Crippen molar-refractivity contribution in [3.05, 3.63) is 22.4 Å².